The van der Waals surface area contributed by atoms with Crippen LogP contribution in [0, 0.1) is 25.9 Å². The van der Waals surface area contributed by atoms with Crippen LogP contribution in [0.2, 0.25) is 0 Å². The van der Waals surface area contributed by atoms with Crippen molar-refractivity contribution in [2.24, 2.45) is 0 Å². The van der Waals surface area contributed by atoms with Gasteiger partial charge in [-0.2, -0.15) is 0 Å². The van der Waals surface area contributed by atoms with Crippen LogP contribution in [0.5, 0.6) is 0 Å². The van der Waals surface area contributed by atoms with E-state index in [4.69, 9.17) is 12.6 Å². The zero-order valence-corrected chi connectivity index (χ0v) is 24.4. The molecule has 0 bridgehead atoms. The van der Waals surface area contributed by atoms with Crippen molar-refractivity contribution in [3.8, 4) is 22.5 Å². The van der Waals surface area contributed by atoms with E-state index >= 15 is 0 Å². The molecule has 1 fully saturated rings. The number of hydrogen-bond acceptors (Lipinski definition) is 4. The zero-order valence-electron chi connectivity index (χ0n) is 28.0. The van der Waals surface area contributed by atoms with E-state index in [1.54, 1.807) is 12.3 Å². The molecule has 7 rings (SSSR count). The number of aryl methyl sites for hydroxylation is 1. The Morgan fingerprint density at radius 3 is 2.50 bits per heavy atom. The molecule has 4 aromatic heterocycles. The Balaban J connectivity index is 0.000000250. The second-order valence-corrected chi connectivity index (χ2v) is 9.80. The van der Waals surface area contributed by atoms with Gasteiger partial charge in [0.25, 0.3) is 0 Å². The molecule has 40 heavy (non-hydrogen) atoms. The number of hydrogen-bond donors (Lipinski definition) is 0. The van der Waals surface area contributed by atoms with Crippen LogP contribution in [-0.2, 0) is 20.1 Å². The first-order valence-electron chi connectivity index (χ1n) is 16.2. The van der Waals surface area contributed by atoms with Crippen molar-refractivity contribution in [1.82, 2.24) is 15.0 Å². The second-order valence-electron chi connectivity index (χ2n) is 9.80. The van der Waals surface area contributed by atoms with Crippen LogP contribution >= 0.6 is 0 Å². The molecule has 6 aromatic rings. The Kier molecular flexibility index (Phi) is 6.70. The summed E-state index contributed by atoms with van der Waals surface area (Å²) in [5.41, 5.74) is 5.14. The molecule has 0 aliphatic heterocycles. The molecule has 1 aliphatic carbocycles. The maximum absolute atomic E-state index is 8.41. The van der Waals surface area contributed by atoms with Crippen molar-refractivity contribution in [1.29, 1.82) is 0 Å². The molecule has 0 saturated heterocycles. The Bertz CT molecular complexity index is 1970. The molecular formula is C35H31IrN3O-2. The number of furan rings is 1. The molecule has 203 valence electrons. The average Bonchev–Trinajstić information content (AvgIpc) is 3.43. The fourth-order valence-electron chi connectivity index (χ4n) is 5.12. The minimum Gasteiger partial charge on any atom is -0.499 e. The van der Waals surface area contributed by atoms with Crippen molar-refractivity contribution in [3.05, 3.63) is 114 Å². The van der Waals surface area contributed by atoms with E-state index in [9.17, 15) is 0 Å². The van der Waals surface area contributed by atoms with Gasteiger partial charge in [0.15, 0.2) is 0 Å². The van der Waals surface area contributed by atoms with Crippen LogP contribution in [0.4, 0.5) is 0 Å². The first kappa shape index (κ1) is 21.1. The summed E-state index contributed by atoms with van der Waals surface area (Å²) < 4.78 is 53.8. The van der Waals surface area contributed by atoms with Gasteiger partial charge in [0.05, 0.1) is 15.4 Å². The predicted molar refractivity (Wildman–Crippen MR) is 157 cm³/mol. The predicted octanol–water partition coefficient (Wildman–Crippen LogP) is 9.05. The maximum Gasteiger partial charge on any atom is 0.142 e. The van der Waals surface area contributed by atoms with Gasteiger partial charge in [-0.15, -0.1) is 54.1 Å². The number of pyridine rings is 3. The van der Waals surface area contributed by atoms with Gasteiger partial charge in [0, 0.05) is 54.1 Å². The summed E-state index contributed by atoms with van der Waals surface area (Å²) in [6.07, 6.45) is 8.85. The maximum atomic E-state index is 8.41. The molecule has 1 radical (unpaired) electrons. The molecule has 0 spiro atoms. The van der Waals surface area contributed by atoms with Gasteiger partial charge in [0.2, 0.25) is 0 Å². The van der Waals surface area contributed by atoms with Crippen LogP contribution in [0.1, 0.15) is 63.1 Å². The van der Waals surface area contributed by atoms with Gasteiger partial charge in [0.1, 0.15) is 5.58 Å². The molecule has 0 unspecified atom stereocenters. The number of fused-ring (bicyclic) bond motifs is 3. The fourth-order valence-corrected chi connectivity index (χ4v) is 5.12. The van der Waals surface area contributed by atoms with Crippen LogP contribution < -0.4 is 0 Å². The SMILES string of the molecule is Cc1ccc(-c2[c-]cccc2)nc1.[2H]c1nc(-c2[c-]ccc3c2oc2c(C4CCCCC4)nccc23)c([2H])c([2H])c1C([2H])([2H])[2H].[Ir]. The summed E-state index contributed by atoms with van der Waals surface area (Å²) in [4.78, 5) is 13.0. The summed E-state index contributed by atoms with van der Waals surface area (Å²) in [5.74, 6) is 0.337. The summed E-state index contributed by atoms with van der Waals surface area (Å²) >= 11 is 0. The van der Waals surface area contributed by atoms with E-state index < -0.39 is 24.6 Å². The second kappa shape index (κ2) is 12.7. The monoisotopic (exact) mass is 708 g/mol. The van der Waals surface area contributed by atoms with Gasteiger partial charge < -0.3 is 14.4 Å². The van der Waals surface area contributed by atoms with Gasteiger partial charge in [-0.3, -0.25) is 4.98 Å². The van der Waals surface area contributed by atoms with Crippen LogP contribution in [0.25, 0.3) is 44.5 Å². The van der Waals surface area contributed by atoms with Crippen LogP contribution in [0.3, 0.4) is 0 Å². The van der Waals surface area contributed by atoms with Crippen LogP contribution in [-0.4, -0.2) is 15.0 Å². The minimum atomic E-state index is -2.69. The first-order chi connectivity index (χ1) is 21.6. The third-order valence-electron chi connectivity index (χ3n) is 7.09. The van der Waals surface area contributed by atoms with Gasteiger partial charge in [-0.05, 0) is 55.2 Å². The van der Waals surface area contributed by atoms with Crippen molar-refractivity contribution in [3.63, 3.8) is 0 Å². The molecule has 2 aromatic carbocycles. The summed E-state index contributed by atoms with van der Waals surface area (Å²) in [5, 5.41) is 1.72. The van der Waals surface area contributed by atoms with E-state index in [0.717, 1.165) is 40.6 Å². The van der Waals surface area contributed by atoms with E-state index in [2.05, 4.69) is 33.2 Å². The molecule has 0 amide bonds. The quantitative estimate of drug-likeness (QED) is 0.172. The van der Waals surface area contributed by atoms with E-state index in [1.165, 1.54) is 24.8 Å². The van der Waals surface area contributed by atoms with Crippen molar-refractivity contribution >= 4 is 21.9 Å². The zero-order chi connectivity index (χ0) is 31.7. The van der Waals surface area contributed by atoms with Crippen molar-refractivity contribution in [2.45, 2.75) is 51.8 Å². The standard InChI is InChI=1S/C23H21N2O.C12H10N.Ir/c1-15-10-11-20(25-14-15)19-9-5-8-17-18-12-13-24-21(23(18)26-22(17)19)16-6-3-2-4-7-16;1-10-7-8-12(13-9-10)11-5-3-2-4-6-11;/h5,8,10-14,16H,2-4,6-7H2,1H3;2-5,7-9H,1H3;/q2*-1;/i1D3,10D,11D,14D;;. The largest absolute Gasteiger partial charge is 0.499 e. The number of rotatable bonds is 3. The summed E-state index contributed by atoms with van der Waals surface area (Å²) in [7, 11) is 0. The molecule has 4 heterocycles. The minimum absolute atomic E-state index is 0. The molecular weight excluding hydrogens is 671 g/mol. The normalized spacial score (nSPS) is 15.9. The van der Waals surface area contributed by atoms with Crippen LogP contribution in [0.15, 0.2) is 89.7 Å². The Labute approximate surface area is 257 Å². The molecule has 5 heteroatoms. The first-order valence-corrected chi connectivity index (χ1v) is 13.2. The van der Waals surface area contributed by atoms with Crippen molar-refractivity contribution in [2.75, 3.05) is 0 Å². The van der Waals surface area contributed by atoms with Gasteiger partial charge in [-0.1, -0.05) is 54.4 Å². The number of nitrogens with zero attached hydrogens (tertiary/aromatic N) is 3. The molecule has 4 nitrogen and oxygen atoms in total. The molecule has 0 atom stereocenters. The fraction of sp³-hybridized carbons (Fsp3) is 0.229. The van der Waals surface area contributed by atoms with E-state index in [1.807, 2.05) is 55.6 Å². The number of aromatic nitrogens is 3. The van der Waals surface area contributed by atoms with Crippen molar-refractivity contribution < 1.29 is 32.7 Å². The van der Waals surface area contributed by atoms with Gasteiger partial charge in [-0.25, -0.2) is 0 Å². The van der Waals surface area contributed by atoms with E-state index in [-0.39, 0.29) is 31.8 Å². The third kappa shape index (κ3) is 5.91. The smallest absolute Gasteiger partial charge is 0.142 e. The van der Waals surface area contributed by atoms with Gasteiger partial charge >= 0.3 is 0 Å². The topological polar surface area (TPSA) is 51.8 Å². The number of benzene rings is 2. The molecule has 0 N–H and O–H groups in total. The third-order valence-corrected chi connectivity index (χ3v) is 7.09. The Morgan fingerprint density at radius 1 is 0.850 bits per heavy atom. The average molecular weight is 708 g/mol. The van der Waals surface area contributed by atoms with E-state index in [0.29, 0.717) is 22.6 Å². The molecule has 1 aliphatic rings. The Hall–Kier alpha value is -3.66. The summed E-state index contributed by atoms with van der Waals surface area (Å²) in [6, 6.07) is 22.7. The molecule has 1 saturated carbocycles. The Morgan fingerprint density at radius 2 is 1.73 bits per heavy atom. The summed E-state index contributed by atoms with van der Waals surface area (Å²) in [6.45, 7) is -0.656.